The second kappa shape index (κ2) is 10.5. The Labute approximate surface area is 193 Å². The SMILES string of the molecule is CCCn1nc(C(=O)N2CCN(CCCc3nc(-c4ccc(C)cc4)no3)CC2)ccc1=O. The molecule has 1 fully saturated rings. The first-order chi connectivity index (χ1) is 16.0. The van der Waals surface area contributed by atoms with Crippen molar-refractivity contribution in [3.63, 3.8) is 0 Å². The van der Waals surface area contributed by atoms with E-state index in [0.717, 1.165) is 44.5 Å². The molecule has 1 aliphatic rings. The largest absolute Gasteiger partial charge is 0.339 e. The van der Waals surface area contributed by atoms with Crippen LogP contribution in [0, 0.1) is 6.92 Å². The number of carbonyl (C=O) groups is 1. The topological polar surface area (TPSA) is 97.4 Å². The molecule has 1 amide bonds. The third-order valence-electron chi connectivity index (χ3n) is 5.82. The zero-order valence-electron chi connectivity index (χ0n) is 19.2. The van der Waals surface area contributed by atoms with Gasteiger partial charge in [-0.3, -0.25) is 14.5 Å². The van der Waals surface area contributed by atoms with Gasteiger partial charge in [0.1, 0.15) is 5.69 Å². The van der Waals surface area contributed by atoms with Crippen molar-refractivity contribution in [1.82, 2.24) is 29.7 Å². The molecule has 174 valence electrons. The van der Waals surface area contributed by atoms with Crippen molar-refractivity contribution in [2.45, 2.75) is 39.7 Å². The van der Waals surface area contributed by atoms with Gasteiger partial charge in [0.05, 0.1) is 0 Å². The molecule has 9 nitrogen and oxygen atoms in total. The van der Waals surface area contributed by atoms with Crippen molar-refractivity contribution < 1.29 is 9.32 Å². The first-order valence-electron chi connectivity index (χ1n) is 11.5. The maximum atomic E-state index is 12.8. The fourth-order valence-electron chi connectivity index (χ4n) is 3.90. The van der Waals surface area contributed by atoms with Gasteiger partial charge in [-0.2, -0.15) is 10.1 Å². The van der Waals surface area contributed by atoms with Crippen LogP contribution in [0.4, 0.5) is 0 Å². The van der Waals surface area contributed by atoms with Crippen molar-refractivity contribution >= 4 is 5.91 Å². The number of piperazine rings is 1. The fourth-order valence-corrected chi connectivity index (χ4v) is 3.90. The van der Waals surface area contributed by atoms with Gasteiger partial charge in [-0.1, -0.05) is 41.9 Å². The number of aromatic nitrogens is 4. The number of carbonyl (C=O) groups excluding carboxylic acids is 1. The minimum atomic E-state index is -0.176. The quantitative estimate of drug-likeness (QED) is 0.520. The highest BCUT2D eigenvalue weighted by atomic mass is 16.5. The van der Waals surface area contributed by atoms with E-state index in [1.807, 2.05) is 43.0 Å². The van der Waals surface area contributed by atoms with Crippen LogP contribution in [0.3, 0.4) is 0 Å². The Balaban J connectivity index is 1.23. The molecule has 0 bridgehead atoms. The van der Waals surface area contributed by atoms with Crippen molar-refractivity contribution in [1.29, 1.82) is 0 Å². The maximum Gasteiger partial charge on any atom is 0.274 e. The fraction of sp³-hybridized carbons (Fsp3) is 0.458. The van der Waals surface area contributed by atoms with Gasteiger partial charge in [-0.05, 0) is 32.4 Å². The first-order valence-corrected chi connectivity index (χ1v) is 11.5. The normalized spacial score (nSPS) is 14.5. The lowest BCUT2D eigenvalue weighted by atomic mass is 10.1. The zero-order valence-corrected chi connectivity index (χ0v) is 19.2. The average Bonchev–Trinajstić information content (AvgIpc) is 3.30. The number of amides is 1. The van der Waals surface area contributed by atoms with Crippen LogP contribution >= 0.6 is 0 Å². The van der Waals surface area contributed by atoms with Crippen LogP contribution in [-0.2, 0) is 13.0 Å². The van der Waals surface area contributed by atoms with E-state index in [-0.39, 0.29) is 11.5 Å². The van der Waals surface area contributed by atoms with Gasteiger partial charge in [0.25, 0.3) is 11.5 Å². The molecule has 1 aromatic carbocycles. The zero-order chi connectivity index (χ0) is 23.2. The Morgan fingerprint density at radius 2 is 1.79 bits per heavy atom. The molecule has 2 aromatic heterocycles. The second-order valence-electron chi connectivity index (χ2n) is 8.40. The molecule has 1 aliphatic heterocycles. The van der Waals surface area contributed by atoms with Gasteiger partial charge in [0.2, 0.25) is 11.7 Å². The van der Waals surface area contributed by atoms with Crippen LogP contribution in [0.5, 0.6) is 0 Å². The van der Waals surface area contributed by atoms with E-state index >= 15 is 0 Å². The van der Waals surface area contributed by atoms with Crippen LogP contribution in [0.15, 0.2) is 45.7 Å². The molecule has 0 atom stereocenters. The van der Waals surface area contributed by atoms with Gasteiger partial charge < -0.3 is 9.42 Å². The highest BCUT2D eigenvalue weighted by Crippen LogP contribution is 2.17. The van der Waals surface area contributed by atoms with E-state index in [0.29, 0.717) is 37.0 Å². The summed E-state index contributed by atoms with van der Waals surface area (Å²) in [6, 6.07) is 11.0. The van der Waals surface area contributed by atoms with Crippen LogP contribution in [0.1, 0.15) is 41.7 Å². The molecule has 3 heterocycles. The smallest absolute Gasteiger partial charge is 0.274 e. The standard InChI is InChI=1S/C24H30N6O3/c1-3-12-30-22(31)11-10-20(26-30)24(32)29-16-14-28(15-17-29)13-4-5-21-25-23(27-33-21)19-8-6-18(2)7-9-19/h6-11H,3-5,12-17H2,1-2H3. The lowest BCUT2D eigenvalue weighted by molar-refractivity contribution is 0.0627. The van der Waals surface area contributed by atoms with Crippen molar-refractivity contribution in [3.8, 4) is 11.4 Å². The predicted octanol–water partition coefficient (Wildman–Crippen LogP) is 2.40. The second-order valence-corrected chi connectivity index (χ2v) is 8.40. The van der Waals surface area contributed by atoms with Gasteiger partial charge in [0.15, 0.2) is 0 Å². The summed E-state index contributed by atoms with van der Waals surface area (Å²) >= 11 is 0. The minimum Gasteiger partial charge on any atom is -0.339 e. The number of aryl methyl sites for hydroxylation is 3. The summed E-state index contributed by atoms with van der Waals surface area (Å²) < 4.78 is 6.77. The molecule has 3 aromatic rings. The summed E-state index contributed by atoms with van der Waals surface area (Å²) in [7, 11) is 0. The maximum absolute atomic E-state index is 12.8. The van der Waals surface area contributed by atoms with Gasteiger partial charge in [-0.25, -0.2) is 4.68 Å². The monoisotopic (exact) mass is 450 g/mol. The molecule has 0 spiro atoms. The Morgan fingerprint density at radius 3 is 2.52 bits per heavy atom. The molecule has 0 radical (unpaired) electrons. The number of hydrogen-bond acceptors (Lipinski definition) is 7. The van der Waals surface area contributed by atoms with Crippen LogP contribution in [-0.4, -0.2) is 68.4 Å². The number of hydrogen-bond donors (Lipinski definition) is 0. The van der Waals surface area contributed by atoms with E-state index in [1.54, 1.807) is 0 Å². The highest BCUT2D eigenvalue weighted by Gasteiger charge is 2.23. The van der Waals surface area contributed by atoms with Crippen molar-refractivity contribution in [2.24, 2.45) is 0 Å². The third-order valence-corrected chi connectivity index (χ3v) is 5.82. The van der Waals surface area contributed by atoms with Crippen LogP contribution in [0.2, 0.25) is 0 Å². The Morgan fingerprint density at radius 1 is 1.03 bits per heavy atom. The lowest BCUT2D eigenvalue weighted by Gasteiger charge is -2.34. The Hall–Kier alpha value is -3.33. The molecular formula is C24H30N6O3. The molecule has 4 rings (SSSR count). The molecule has 0 saturated carbocycles. The molecular weight excluding hydrogens is 420 g/mol. The average molecular weight is 451 g/mol. The van der Waals surface area contributed by atoms with Gasteiger partial charge in [0, 0.05) is 50.8 Å². The molecule has 1 saturated heterocycles. The number of rotatable bonds is 8. The summed E-state index contributed by atoms with van der Waals surface area (Å²) in [6.07, 6.45) is 2.42. The van der Waals surface area contributed by atoms with Crippen LogP contribution < -0.4 is 5.56 Å². The Bertz CT molecular complexity index is 1130. The van der Waals surface area contributed by atoms with Crippen LogP contribution in [0.25, 0.3) is 11.4 Å². The Kier molecular flexibility index (Phi) is 7.29. The molecule has 0 N–H and O–H groups in total. The molecule has 0 unspecified atom stereocenters. The van der Waals surface area contributed by atoms with E-state index in [9.17, 15) is 9.59 Å². The highest BCUT2D eigenvalue weighted by molar-refractivity contribution is 5.92. The van der Waals surface area contributed by atoms with E-state index in [4.69, 9.17) is 4.52 Å². The molecule has 33 heavy (non-hydrogen) atoms. The predicted molar refractivity (Wildman–Crippen MR) is 124 cm³/mol. The summed E-state index contributed by atoms with van der Waals surface area (Å²) in [5, 5.41) is 8.34. The van der Waals surface area contributed by atoms with E-state index in [1.165, 1.54) is 22.4 Å². The summed E-state index contributed by atoms with van der Waals surface area (Å²) in [6.45, 7) is 8.34. The molecule has 0 aliphatic carbocycles. The number of benzene rings is 1. The molecule has 9 heteroatoms. The summed E-state index contributed by atoms with van der Waals surface area (Å²) in [5.41, 5.74) is 2.31. The van der Waals surface area contributed by atoms with E-state index in [2.05, 4.69) is 20.1 Å². The number of nitrogens with zero attached hydrogens (tertiary/aromatic N) is 6. The summed E-state index contributed by atoms with van der Waals surface area (Å²) in [5.74, 6) is 1.15. The van der Waals surface area contributed by atoms with Gasteiger partial charge in [-0.15, -0.1) is 0 Å². The minimum absolute atomic E-state index is 0.117. The summed E-state index contributed by atoms with van der Waals surface area (Å²) in [4.78, 5) is 33.3. The van der Waals surface area contributed by atoms with Crippen molar-refractivity contribution in [3.05, 3.63) is 63.9 Å². The first kappa shape index (κ1) is 22.8. The van der Waals surface area contributed by atoms with E-state index < -0.39 is 0 Å². The van der Waals surface area contributed by atoms with Crippen molar-refractivity contribution in [2.75, 3.05) is 32.7 Å². The lowest BCUT2D eigenvalue weighted by Crippen LogP contribution is -2.49. The third kappa shape index (κ3) is 5.73. The van der Waals surface area contributed by atoms with Gasteiger partial charge >= 0.3 is 0 Å².